The molecule has 3 aromatic rings. The second kappa shape index (κ2) is 9.93. The fourth-order valence-corrected chi connectivity index (χ4v) is 5.68. The molecule has 3 aromatic carbocycles. The molecule has 2 aliphatic heterocycles. The molecule has 2 heterocycles. The van der Waals surface area contributed by atoms with E-state index in [1.165, 1.54) is 31.5 Å². The minimum atomic E-state index is -0.214. The summed E-state index contributed by atoms with van der Waals surface area (Å²) in [4.78, 5) is 18.5. The highest BCUT2D eigenvalue weighted by Gasteiger charge is 2.39. The van der Waals surface area contributed by atoms with Gasteiger partial charge in [-0.2, -0.15) is 0 Å². The van der Waals surface area contributed by atoms with Crippen molar-refractivity contribution in [2.75, 3.05) is 26.2 Å². The summed E-state index contributed by atoms with van der Waals surface area (Å²) in [7, 11) is 0. The van der Waals surface area contributed by atoms with E-state index in [9.17, 15) is 4.79 Å². The third-order valence-corrected chi connectivity index (χ3v) is 7.81. The Hall–Kier alpha value is -2.91. The quantitative estimate of drug-likeness (QED) is 0.508. The van der Waals surface area contributed by atoms with E-state index in [4.69, 9.17) is 0 Å². The number of benzene rings is 3. The third-order valence-electron chi connectivity index (χ3n) is 7.81. The van der Waals surface area contributed by atoms with Gasteiger partial charge in [0.15, 0.2) is 0 Å². The maximum atomic E-state index is 13.7. The van der Waals surface area contributed by atoms with Gasteiger partial charge in [0.25, 0.3) is 0 Å². The van der Waals surface area contributed by atoms with Crippen LogP contribution in [0.3, 0.4) is 0 Å². The van der Waals surface area contributed by atoms with E-state index in [0.29, 0.717) is 5.41 Å². The van der Waals surface area contributed by atoms with Crippen molar-refractivity contribution in [1.29, 1.82) is 0 Å². The molecular weight excluding hydrogens is 404 g/mol. The second-order valence-electron chi connectivity index (χ2n) is 9.84. The van der Waals surface area contributed by atoms with Gasteiger partial charge in [0.2, 0.25) is 5.91 Å². The Kier molecular flexibility index (Phi) is 6.59. The summed E-state index contributed by atoms with van der Waals surface area (Å²) in [6.45, 7) is 5.15. The molecule has 170 valence electrons. The molecule has 2 saturated heterocycles. The summed E-state index contributed by atoms with van der Waals surface area (Å²) in [5.74, 6) is 0.0398. The van der Waals surface area contributed by atoms with Gasteiger partial charge in [0, 0.05) is 19.6 Å². The molecule has 1 spiro atoms. The summed E-state index contributed by atoms with van der Waals surface area (Å²) in [5.41, 5.74) is 3.99. The van der Waals surface area contributed by atoms with E-state index in [0.717, 1.165) is 43.6 Å². The van der Waals surface area contributed by atoms with Crippen LogP contribution in [0.25, 0.3) is 0 Å². The van der Waals surface area contributed by atoms with E-state index in [1.807, 2.05) is 36.4 Å². The van der Waals surface area contributed by atoms with Gasteiger partial charge in [-0.3, -0.25) is 9.69 Å². The third kappa shape index (κ3) is 5.04. The van der Waals surface area contributed by atoms with Gasteiger partial charge in [-0.1, -0.05) is 91.0 Å². The lowest BCUT2D eigenvalue weighted by atomic mass is 9.71. The van der Waals surface area contributed by atoms with E-state index in [2.05, 4.69) is 64.4 Å². The first-order chi connectivity index (χ1) is 16.2. The van der Waals surface area contributed by atoms with E-state index in [-0.39, 0.29) is 11.8 Å². The maximum Gasteiger partial charge on any atom is 0.234 e. The Bertz CT molecular complexity index is 977. The summed E-state index contributed by atoms with van der Waals surface area (Å²) < 4.78 is 0. The minimum Gasteiger partial charge on any atom is -0.342 e. The number of piperidine rings is 2. The molecule has 0 saturated carbocycles. The molecule has 0 N–H and O–H groups in total. The SMILES string of the molecule is O=C(C(c1ccccc1)c1ccccc1)N1CCC2(CCN(Cc3ccccc3)CC2)CC1. The van der Waals surface area contributed by atoms with Crippen molar-refractivity contribution in [2.45, 2.75) is 38.1 Å². The van der Waals surface area contributed by atoms with Gasteiger partial charge in [0.05, 0.1) is 5.92 Å². The first-order valence-electron chi connectivity index (χ1n) is 12.4. The summed E-state index contributed by atoms with van der Waals surface area (Å²) in [5, 5.41) is 0. The molecule has 0 radical (unpaired) electrons. The van der Waals surface area contributed by atoms with Gasteiger partial charge in [-0.05, 0) is 60.9 Å². The Morgan fingerprint density at radius 2 is 1.12 bits per heavy atom. The molecule has 3 nitrogen and oxygen atoms in total. The first-order valence-corrected chi connectivity index (χ1v) is 12.4. The van der Waals surface area contributed by atoms with Crippen LogP contribution >= 0.6 is 0 Å². The Morgan fingerprint density at radius 3 is 1.64 bits per heavy atom. The number of rotatable bonds is 5. The highest BCUT2D eigenvalue weighted by Crippen LogP contribution is 2.42. The fraction of sp³-hybridized carbons (Fsp3) is 0.367. The van der Waals surface area contributed by atoms with Gasteiger partial charge in [-0.15, -0.1) is 0 Å². The maximum absolute atomic E-state index is 13.7. The van der Waals surface area contributed by atoms with Gasteiger partial charge in [-0.25, -0.2) is 0 Å². The average Bonchev–Trinajstić information content (AvgIpc) is 2.88. The topological polar surface area (TPSA) is 23.6 Å². The lowest BCUT2D eigenvalue weighted by Gasteiger charge is -2.47. The van der Waals surface area contributed by atoms with Crippen LogP contribution in [-0.2, 0) is 11.3 Å². The van der Waals surface area contributed by atoms with Crippen LogP contribution in [0.5, 0.6) is 0 Å². The zero-order valence-corrected chi connectivity index (χ0v) is 19.4. The van der Waals surface area contributed by atoms with Crippen LogP contribution in [0.15, 0.2) is 91.0 Å². The summed E-state index contributed by atoms with van der Waals surface area (Å²) >= 11 is 0. The number of nitrogens with zero attached hydrogens (tertiary/aromatic N) is 2. The molecule has 0 aromatic heterocycles. The van der Waals surface area contributed by atoms with Gasteiger partial charge in [0.1, 0.15) is 0 Å². The monoisotopic (exact) mass is 438 g/mol. The van der Waals surface area contributed by atoms with Crippen molar-refractivity contribution in [3.8, 4) is 0 Å². The average molecular weight is 439 g/mol. The molecule has 0 atom stereocenters. The molecule has 0 aliphatic carbocycles. The molecule has 3 heteroatoms. The first kappa shape index (κ1) is 21.9. The lowest BCUT2D eigenvalue weighted by molar-refractivity contribution is -0.134. The largest absolute Gasteiger partial charge is 0.342 e. The molecule has 1 amide bonds. The number of carbonyl (C=O) groups excluding carboxylic acids is 1. The van der Waals surface area contributed by atoms with Crippen molar-refractivity contribution < 1.29 is 4.79 Å². The molecular formula is C30H34N2O. The second-order valence-corrected chi connectivity index (χ2v) is 9.84. The van der Waals surface area contributed by atoms with Gasteiger partial charge >= 0.3 is 0 Å². The van der Waals surface area contributed by atoms with Crippen molar-refractivity contribution in [3.63, 3.8) is 0 Å². The van der Waals surface area contributed by atoms with Crippen LogP contribution in [0, 0.1) is 5.41 Å². The number of carbonyl (C=O) groups is 1. The normalized spacial score (nSPS) is 18.5. The van der Waals surface area contributed by atoms with Crippen molar-refractivity contribution >= 4 is 5.91 Å². The smallest absolute Gasteiger partial charge is 0.234 e. The van der Waals surface area contributed by atoms with E-state index in [1.54, 1.807) is 0 Å². The number of hydrogen-bond donors (Lipinski definition) is 0. The molecule has 0 bridgehead atoms. The number of likely N-dealkylation sites (tertiary alicyclic amines) is 2. The molecule has 33 heavy (non-hydrogen) atoms. The lowest BCUT2D eigenvalue weighted by Crippen LogP contribution is -2.49. The van der Waals surface area contributed by atoms with Crippen molar-refractivity contribution in [3.05, 3.63) is 108 Å². The summed E-state index contributed by atoms with van der Waals surface area (Å²) in [6, 6.07) is 31.3. The molecule has 2 fully saturated rings. The van der Waals surface area contributed by atoms with Crippen LogP contribution in [-0.4, -0.2) is 41.9 Å². The molecule has 5 rings (SSSR count). The summed E-state index contributed by atoms with van der Waals surface area (Å²) in [6.07, 6.45) is 4.77. The van der Waals surface area contributed by atoms with E-state index < -0.39 is 0 Å². The van der Waals surface area contributed by atoms with Crippen LogP contribution in [0.1, 0.15) is 48.3 Å². The minimum absolute atomic E-state index is 0.214. The van der Waals surface area contributed by atoms with Crippen LogP contribution in [0.2, 0.25) is 0 Å². The molecule has 2 aliphatic rings. The molecule has 0 unspecified atom stereocenters. The fourth-order valence-electron chi connectivity index (χ4n) is 5.68. The zero-order valence-electron chi connectivity index (χ0n) is 19.4. The van der Waals surface area contributed by atoms with Gasteiger partial charge < -0.3 is 4.90 Å². The predicted molar refractivity (Wildman–Crippen MR) is 134 cm³/mol. The Labute approximate surface area is 198 Å². The Balaban J connectivity index is 1.22. The van der Waals surface area contributed by atoms with Crippen molar-refractivity contribution in [1.82, 2.24) is 9.80 Å². The highest BCUT2D eigenvalue weighted by molar-refractivity contribution is 5.87. The Morgan fingerprint density at radius 1 is 0.667 bits per heavy atom. The van der Waals surface area contributed by atoms with E-state index >= 15 is 0 Å². The van der Waals surface area contributed by atoms with Crippen LogP contribution < -0.4 is 0 Å². The highest BCUT2D eigenvalue weighted by atomic mass is 16.2. The zero-order chi connectivity index (χ0) is 22.5. The van der Waals surface area contributed by atoms with Crippen molar-refractivity contribution in [2.24, 2.45) is 5.41 Å². The standard InChI is InChI=1S/C30H34N2O/c33-29(28(26-12-6-2-7-13-26)27-14-8-3-9-15-27)32-22-18-30(19-23-32)16-20-31(21-17-30)24-25-10-4-1-5-11-25/h1-15,28H,16-24H2. The van der Waals surface area contributed by atoms with Crippen LogP contribution in [0.4, 0.5) is 0 Å². The predicted octanol–water partition coefficient (Wildman–Crippen LogP) is 5.72. The number of amides is 1. The number of hydrogen-bond acceptors (Lipinski definition) is 2.